The molecule has 3 N–H and O–H groups in total. The number of carboxylic acids is 1. The number of carboxylic acid groups (broad SMARTS) is 1. The van der Waals surface area contributed by atoms with Crippen molar-refractivity contribution in [1.29, 1.82) is 0 Å². The number of nitrogens with one attached hydrogen (secondary N) is 2. The maximum absolute atomic E-state index is 12.2. The van der Waals surface area contributed by atoms with Crippen LogP contribution in [0, 0.1) is 0 Å². The van der Waals surface area contributed by atoms with Gasteiger partial charge >= 0.3 is 5.97 Å². The van der Waals surface area contributed by atoms with Crippen molar-refractivity contribution in [2.24, 2.45) is 7.05 Å². The summed E-state index contributed by atoms with van der Waals surface area (Å²) in [7, 11) is -2.41. The molecule has 0 aliphatic carbocycles. The van der Waals surface area contributed by atoms with Crippen molar-refractivity contribution in [3.63, 3.8) is 0 Å². The third kappa shape index (κ3) is 3.07. The normalized spacial score (nSPS) is 11.8. The molecule has 0 saturated heterocycles. The standard InChI is InChI=1S/C12H16N4O4S/c1-7(2)9-5-11(14-13-9)15-21(19,20)8-4-10(12(17)18)16(3)6-8/h4-7H,1-3H3,(H,17,18)(H2,13,14,15). The van der Waals surface area contributed by atoms with E-state index in [9.17, 15) is 13.2 Å². The Morgan fingerprint density at radius 3 is 2.57 bits per heavy atom. The Bertz CT molecular complexity index is 773. The highest BCUT2D eigenvalue weighted by atomic mass is 32.2. The minimum atomic E-state index is -3.88. The van der Waals surface area contributed by atoms with Crippen LogP contribution in [0.4, 0.5) is 5.82 Å². The number of aromatic amines is 1. The minimum absolute atomic E-state index is 0.111. The Morgan fingerprint density at radius 1 is 1.43 bits per heavy atom. The highest BCUT2D eigenvalue weighted by molar-refractivity contribution is 7.92. The van der Waals surface area contributed by atoms with Crippen molar-refractivity contribution in [2.75, 3.05) is 4.72 Å². The molecule has 9 heteroatoms. The van der Waals surface area contributed by atoms with E-state index in [2.05, 4.69) is 14.9 Å². The first-order valence-corrected chi connectivity index (χ1v) is 7.67. The Kier molecular flexibility index (Phi) is 3.77. The SMILES string of the molecule is CC(C)c1cc(NS(=O)(=O)c2cc(C(=O)O)n(C)c2)n[nH]1. The largest absolute Gasteiger partial charge is 0.477 e. The number of anilines is 1. The van der Waals surface area contributed by atoms with E-state index in [1.807, 2.05) is 13.8 Å². The molecular weight excluding hydrogens is 296 g/mol. The van der Waals surface area contributed by atoms with Gasteiger partial charge in [-0.25, -0.2) is 13.2 Å². The van der Waals surface area contributed by atoms with E-state index < -0.39 is 16.0 Å². The summed E-state index contributed by atoms with van der Waals surface area (Å²) in [4.78, 5) is 10.8. The van der Waals surface area contributed by atoms with Crippen LogP contribution in [-0.2, 0) is 17.1 Å². The number of hydrogen-bond acceptors (Lipinski definition) is 4. The molecule has 2 aromatic rings. The van der Waals surface area contributed by atoms with Gasteiger partial charge in [0.2, 0.25) is 0 Å². The molecule has 0 aromatic carbocycles. The lowest BCUT2D eigenvalue weighted by molar-refractivity contribution is 0.0686. The lowest BCUT2D eigenvalue weighted by atomic mass is 10.1. The van der Waals surface area contributed by atoms with Crippen molar-refractivity contribution in [3.8, 4) is 0 Å². The summed E-state index contributed by atoms with van der Waals surface area (Å²) >= 11 is 0. The number of rotatable bonds is 5. The predicted octanol–water partition coefficient (Wildman–Crippen LogP) is 1.37. The number of hydrogen-bond donors (Lipinski definition) is 3. The zero-order chi connectivity index (χ0) is 15.8. The summed E-state index contributed by atoms with van der Waals surface area (Å²) in [6.07, 6.45) is 1.24. The fourth-order valence-corrected chi connectivity index (χ4v) is 2.84. The Hall–Kier alpha value is -2.29. The van der Waals surface area contributed by atoms with Crippen molar-refractivity contribution < 1.29 is 18.3 Å². The van der Waals surface area contributed by atoms with Crippen LogP contribution in [-0.4, -0.2) is 34.3 Å². The first kappa shape index (κ1) is 15.1. The van der Waals surface area contributed by atoms with E-state index in [1.165, 1.54) is 17.8 Å². The number of aromatic nitrogens is 3. The average Bonchev–Trinajstić information content (AvgIpc) is 2.95. The van der Waals surface area contributed by atoms with E-state index in [4.69, 9.17) is 5.11 Å². The van der Waals surface area contributed by atoms with Crippen LogP contribution in [0.5, 0.6) is 0 Å². The predicted molar refractivity (Wildman–Crippen MR) is 75.9 cm³/mol. The molecule has 0 aliphatic rings. The molecule has 0 fully saturated rings. The summed E-state index contributed by atoms with van der Waals surface area (Å²) in [5.41, 5.74) is 0.687. The summed E-state index contributed by atoms with van der Waals surface area (Å²) in [5.74, 6) is -0.841. The van der Waals surface area contributed by atoms with Crippen molar-refractivity contribution >= 4 is 21.8 Å². The number of nitrogens with zero attached hydrogens (tertiary/aromatic N) is 2. The summed E-state index contributed by atoms with van der Waals surface area (Å²) < 4.78 is 27.9. The maximum Gasteiger partial charge on any atom is 0.352 e. The molecule has 8 nitrogen and oxygen atoms in total. The molecule has 0 aliphatic heterocycles. The lowest BCUT2D eigenvalue weighted by Crippen LogP contribution is -2.12. The Morgan fingerprint density at radius 2 is 2.10 bits per heavy atom. The quantitative estimate of drug-likeness (QED) is 0.771. The monoisotopic (exact) mass is 312 g/mol. The number of aryl methyl sites for hydroxylation is 1. The van der Waals surface area contributed by atoms with Crippen LogP contribution in [0.2, 0.25) is 0 Å². The van der Waals surface area contributed by atoms with Crippen molar-refractivity contribution in [2.45, 2.75) is 24.7 Å². The van der Waals surface area contributed by atoms with Gasteiger partial charge in [-0.3, -0.25) is 9.82 Å². The molecule has 2 heterocycles. The smallest absolute Gasteiger partial charge is 0.352 e. The molecule has 0 atom stereocenters. The zero-order valence-electron chi connectivity index (χ0n) is 11.8. The molecule has 21 heavy (non-hydrogen) atoms. The zero-order valence-corrected chi connectivity index (χ0v) is 12.6. The van der Waals surface area contributed by atoms with Gasteiger partial charge in [-0.1, -0.05) is 13.8 Å². The van der Waals surface area contributed by atoms with E-state index in [0.29, 0.717) is 0 Å². The van der Waals surface area contributed by atoms with Crippen LogP contribution < -0.4 is 4.72 Å². The van der Waals surface area contributed by atoms with E-state index in [0.717, 1.165) is 11.8 Å². The van der Waals surface area contributed by atoms with Gasteiger partial charge in [-0.15, -0.1) is 0 Å². The lowest BCUT2D eigenvalue weighted by Gasteiger charge is -2.02. The van der Waals surface area contributed by atoms with Gasteiger partial charge in [-0.05, 0) is 12.0 Å². The number of H-pyrrole nitrogens is 1. The van der Waals surface area contributed by atoms with Crippen LogP contribution >= 0.6 is 0 Å². The summed E-state index contributed by atoms with van der Waals surface area (Å²) in [6.45, 7) is 3.89. The Balaban J connectivity index is 2.29. The van der Waals surface area contributed by atoms with Gasteiger partial charge in [0, 0.05) is 25.0 Å². The highest BCUT2D eigenvalue weighted by Crippen LogP contribution is 2.20. The highest BCUT2D eigenvalue weighted by Gasteiger charge is 2.21. The number of sulfonamides is 1. The third-order valence-corrected chi connectivity index (χ3v) is 4.29. The molecule has 0 amide bonds. The summed E-state index contributed by atoms with van der Waals surface area (Å²) in [6, 6.07) is 2.70. The molecular formula is C12H16N4O4S. The second kappa shape index (κ2) is 5.24. The van der Waals surface area contributed by atoms with Gasteiger partial charge in [0.05, 0.1) is 0 Å². The molecule has 2 aromatic heterocycles. The molecule has 2 rings (SSSR count). The average molecular weight is 312 g/mol. The van der Waals surface area contributed by atoms with Crippen molar-refractivity contribution in [1.82, 2.24) is 14.8 Å². The molecule has 0 radical (unpaired) electrons. The van der Waals surface area contributed by atoms with Crippen molar-refractivity contribution in [3.05, 3.63) is 29.7 Å². The summed E-state index contributed by atoms with van der Waals surface area (Å²) in [5, 5.41) is 15.6. The van der Waals surface area contributed by atoms with Gasteiger partial charge in [0.25, 0.3) is 10.0 Å². The fraction of sp³-hybridized carbons (Fsp3) is 0.333. The molecule has 0 unspecified atom stereocenters. The Labute approximate surface area is 121 Å². The first-order chi connectivity index (χ1) is 9.70. The molecule has 0 bridgehead atoms. The maximum atomic E-state index is 12.2. The van der Waals surface area contributed by atoms with Gasteiger partial charge in [-0.2, -0.15) is 5.10 Å². The van der Waals surface area contributed by atoms with Gasteiger partial charge in [0.15, 0.2) is 5.82 Å². The van der Waals surface area contributed by atoms with E-state index in [-0.39, 0.29) is 22.3 Å². The van der Waals surface area contributed by atoms with Crippen LogP contribution in [0.15, 0.2) is 23.2 Å². The van der Waals surface area contributed by atoms with Crippen LogP contribution in [0.3, 0.4) is 0 Å². The van der Waals surface area contributed by atoms with Gasteiger partial charge in [0.1, 0.15) is 10.6 Å². The number of carbonyl (C=O) groups is 1. The topological polar surface area (TPSA) is 117 Å². The fourth-order valence-electron chi connectivity index (χ4n) is 1.78. The third-order valence-electron chi connectivity index (χ3n) is 2.97. The molecule has 114 valence electrons. The minimum Gasteiger partial charge on any atom is -0.477 e. The second-order valence-electron chi connectivity index (χ2n) is 4.95. The molecule has 0 spiro atoms. The van der Waals surface area contributed by atoms with Crippen LogP contribution in [0.25, 0.3) is 0 Å². The van der Waals surface area contributed by atoms with E-state index in [1.54, 1.807) is 6.07 Å². The second-order valence-corrected chi connectivity index (χ2v) is 6.63. The van der Waals surface area contributed by atoms with Crippen LogP contribution in [0.1, 0.15) is 35.9 Å². The number of aromatic carboxylic acids is 1. The molecule has 0 saturated carbocycles. The first-order valence-electron chi connectivity index (χ1n) is 6.18. The van der Waals surface area contributed by atoms with Gasteiger partial charge < -0.3 is 9.67 Å². The van der Waals surface area contributed by atoms with E-state index >= 15 is 0 Å².